The van der Waals surface area contributed by atoms with Crippen LogP contribution in [-0.2, 0) is 19.7 Å². The Morgan fingerprint density at radius 2 is 1.07 bits per heavy atom. The van der Waals surface area contributed by atoms with Crippen molar-refractivity contribution < 1.29 is 73.9 Å². The second-order valence-corrected chi connectivity index (χ2v) is 15.4. The topological polar surface area (TPSA) is 68.3 Å². The zero-order chi connectivity index (χ0) is 31.7. The van der Waals surface area contributed by atoms with Crippen molar-refractivity contribution in [1.82, 2.24) is 0 Å². The summed E-state index contributed by atoms with van der Waals surface area (Å²) in [6, 6.07) is 0. The second kappa shape index (κ2) is 8.81. The standard InChI is InChI=1S/C23H14F13O4S2/c24-12-9-10(15(27)18(30)17(29)14(9)26)13(25)16(28)11(12)19(42(39,40)23(35,36)22(32,33)34)41(37,38)21-4-7-1-8(5-21)3-20(31,2-7)6-21/h7-8H,1-6H2/q-1. The largest absolute Gasteiger partial charge is 0.468 e. The van der Waals surface area contributed by atoms with Crippen molar-refractivity contribution in [2.45, 2.75) is 60.4 Å². The molecule has 4 aliphatic rings. The van der Waals surface area contributed by atoms with E-state index < -0.39 is 134 Å². The smallest absolute Gasteiger partial charge is 0.283 e. The van der Waals surface area contributed by atoms with Gasteiger partial charge in [0.25, 0.3) is 0 Å². The Balaban J connectivity index is 1.92. The van der Waals surface area contributed by atoms with Crippen molar-refractivity contribution in [3.05, 3.63) is 50.9 Å². The van der Waals surface area contributed by atoms with Crippen LogP contribution in [0.2, 0.25) is 0 Å². The normalized spacial score (nSPS) is 28.1. The number of halogens is 13. The molecule has 234 valence electrons. The van der Waals surface area contributed by atoms with Gasteiger partial charge in [-0.25, -0.2) is 43.2 Å². The number of alkyl halides is 6. The van der Waals surface area contributed by atoms with Gasteiger partial charge in [-0.2, -0.15) is 22.0 Å². The molecule has 2 unspecified atom stereocenters. The number of hydrogen-bond donors (Lipinski definition) is 0. The third-order valence-corrected chi connectivity index (χ3v) is 13.4. The van der Waals surface area contributed by atoms with E-state index in [1.165, 1.54) is 0 Å². The summed E-state index contributed by atoms with van der Waals surface area (Å²) in [4.78, 5) is 0. The Morgan fingerprint density at radius 3 is 1.50 bits per heavy atom. The molecular weight excluding hydrogens is 651 g/mol. The minimum absolute atomic E-state index is 0.131. The van der Waals surface area contributed by atoms with Gasteiger partial charge < -0.3 is 0 Å². The van der Waals surface area contributed by atoms with Crippen LogP contribution in [0.4, 0.5) is 57.1 Å². The molecule has 4 aliphatic carbocycles. The quantitative estimate of drug-likeness (QED) is 0.155. The van der Waals surface area contributed by atoms with Crippen LogP contribution in [0.1, 0.15) is 44.1 Å². The van der Waals surface area contributed by atoms with Crippen molar-refractivity contribution >= 4 is 30.4 Å². The maximum absolute atomic E-state index is 15.7. The minimum Gasteiger partial charge on any atom is -0.283 e. The molecule has 2 atom stereocenters. The Morgan fingerprint density at radius 1 is 0.643 bits per heavy atom. The molecule has 2 aromatic carbocycles. The first-order valence-electron chi connectivity index (χ1n) is 11.8. The highest BCUT2D eigenvalue weighted by molar-refractivity contribution is 8.14. The van der Waals surface area contributed by atoms with Crippen molar-refractivity contribution in [2.24, 2.45) is 11.8 Å². The fourth-order valence-corrected chi connectivity index (χ4v) is 12.1. The molecule has 4 nitrogen and oxygen atoms in total. The third-order valence-electron chi connectivity index (χ3n) is 8.20. The molecule has 2 aromatic rings. The van der Waals surface area contributed by atoms with E-state index in [1.54, 1.807) is 0 Å². The molecule has 4 saturated carbocycles. The Bertz CT molecular complexity index is 1740. The van der Waals surface area contributed by atoms with Gasteiger partial charge in [0.1, 0.15) is 21.3 Å². The maximum atomic E-state index is 15.7. The lowest BCUT2D eigenvalue weighted by molar-refractivity contribution is -0.241. The summed E-state index contributed by atoms with van der Waals surface area (Å²) >= 11 is 0. The zero-order valence-electron chi connectivity index (χ0n) is 20.3. The van der Waals surface area contributed by atoms with Crippen molar-refractivity contribution in [2.75, 3.05) is 0 Å². The molecular formula is C23H14F13O4S2-. The van der Waals surface area contributed by atoms with Crippen LogP contribution < -0.4 is 0 Å². The molecule has 6 rings (SSSR count). The van der Waals surface area contributed by atoms with E-state index in [-0.39, 0.29) is 19.3 Å². The average Bonchev–Trinajstić information content (AvgIpc) is 2.83. The lowest BCUT2D eigenvalue weighted by Gasteiger charge is -2.59. The van der Waals surface area contributed by atoms with Crippen LogP contribution in [0.15, 0.2) is 0 Å². The van der Waals surface area contributed by atoms with Gasteiger partial charge in [0.2, 0.25) is 9.84 Å². The Hall–Kier alpha value is -2.44. The number of benzene rings is 2. The Labute approximate surface area is 227 Å². The van der Waals surface area contributed by atoms with Crippen molar-refractivity contribution in [1.29, 1.82) is 0 Å². The highest BCUT2D eigenvalue weighted by atomic mass is 32.3. The van der Waals surface area contributed by atoms with Crippen LogP contribution >= 0.6 is 0 Å². The highest BCUT2D eigenvalue weighted by Crippen LogP contribution is 2.64. The summed E-state index contributed by atoms with van der Waals surface area (Å²) in [6.45, 7) is 0. The molecule has 0 amide bonds. The molecule has 0 radical (unpaired) electrons. The van der Waals surface area contributed by atoms with Gasteiger partial charge in [-0.05, 0) is 43.9 Å². The van der Waals surface area contributed by atoms with Crippen LogP contribution in [0.5, 0.6) is 0 Å². The summed E-state index contributed by atoms with van der Waals surface area (Å²) in [5.74, 6) is -22.8. The van der Waals surface area contributed by atoms with Gasteiger partial charge >= 0.3 is 11.4 Å². The molecule has 4 fully saturated rings. The van der Waals surface area contributed by atoms with Gasteiger partial charge in [-0.3, -0.25) is 8.78 Å². The van der Waals surface area contributed by atoms with E-state index in [0.29, 0.717) is 0 Å². The van der Waals surface area contributed by atoms with Gasteiger partial charge in [-0.15, -0.1) is 0 Å². The SMILES string of the molecule is O=S(=O)([C-](c1c(F)c(F)c2c(F)c(F)c(F)c(F)c2c1F)S(=O)(=O)C(F)(F)C(F)(F)F)C12CC3CC(CC(F)(C3)C1)C2. The van der Waals surface area contributed by atoms with E-state index >= 15 is 13.2 Å². The van der Waals surface area contributed by atoms with Gasteiger partial charge in [0, 0.05) is 23.0 Å². The van der Waals surface area contributed by atoms with Crippen molar-refractivity contribution in [3.8, 4) is 0 Å². The monoisotopic (exact) mass is 665 g/mol. The molecule has 0 aliphatic heterocycles. The molecule has 42 heavy (non-hydrogen) atoms. The second-order valence-electron chi connectivity index (χ2n) is 10.9. The third kappa shape index (κ3) is 3.83. The summed E-state index contributed by atoms with van der Waals surface area (Å²) in [5, 5.41) is -12.1. The Kier molecular flexibility index (Phi) is 6.51. The average molecular weight is 665 g/mol. The summed E-state index contributed by atoms with van der Waals surface area (Å²) in [7, 11) is -14.4. The summed E-state index contributed by atoms with van der Waals surface area (Å²) in [5.41, 5.74) is -5.49. The molecule has 0 spiro atoms. The number of sulfone groups is 2. The van der Waals surface area contributed by atoms with E-state index in [1.807, 2.05) is 0 Å². The van der Waals surface area contributed by atoms with Crippen LogP contribution in [-0.4, -0.2) is 38.7 Å². The molecule has 0 saturated heterocycles. The van der Waals surface area contributed by atoms with Crippen LogP contribution in [0.3, 0.4) is 0 Å². The lowest BCUT2D eigenvalue weighted by Crippen LogP contribution is -2.62. The maximum Gasteiger partial charge on any atom is 0.468 e. The fraction of sp³-hybridized carbons (Fsp3) is 0.522. The summed E-state index contributed by atoms with van der Waals surface area (Å²) < 4.78 is 234. The van der Waals surface area contributed by atoms with E-state index in [0.717, 1.165) is 0 Å². The zero-order valence-corrected chi connectivity index (χ0v) is 21.9. The van der Waals surface area contributed by atoms with Crippen LogP contribution in [0, 0.1) is 57.1 Å². The minimum atomic E-state index is -7.94. The molecule has 0 N–H and O–H groups in total. The highest BCUT2D eigenvalue weighted by Gasteiger charge is 2.72. The molecule has 19 heteroatoms. The first kappa shape index (κ1) is 31.0. The van der Waals surface area contributed by atoms with Gasteiger partial charge in [-0.1, -0.05) is 5.56 Å². The van der Waals surface area contributed by atoms with Crippen LogP contribution in [0.25, 0.3) is 10.8 Å². The van der Waals surface area contributed by atoms with Crippen molar-refractivity contribution in [3.63, 3.8) is 0 Å². The van der Waals surface area contributed by atoms with E-state index in [9.17, 15) is 60.7 Å². The van der Waals surface area contributed by atoms with Gasteiger partial charge in [0.05, 0.1) is 15.1 Å². The van der Waals surface area contributed by atoms with E-state index in [2.05, 4.69) is 0 Å². The first-order chi connectivity index (χ1) is 18.9. The lowest BCUT2D eigenvalue weighted by atomic mass is 9.54. The summed E-state index contributed by atoms with van der Waals surface area (Å²) in [6.07, 6.45) is -10.4. The number of fused-ring (bicyclic) bond motifs is 1. The molecule has 0 aromatic heterocycles. The van der Waals surface area contributed by atoms with E-state index in [4.69, 9.17) is 0 Å². The molecule has 4 bridgehead atoms. The predicted octanol–water partition coefficient (Wildman–Crippen LogP) is 6.70. The number of rotatable bonds is 5. The number of hydrogen-bond acceptors (Lipinski definition) is 4. The first-order valence-corrected chi connectivity index (χ1v) is 14.7. The molecule has 0 heterocycles. The van der Waals surface area contributed by atoms with Gasteiger partial charge in [0.15, 0.2) is 23.3 Å². The predicted molar refractivity (Wildman–Crippen MR) is 116 cm³/mol. The fourth-order valence-electron chi connectivity index (χ4n) is 6.93.